The van der Waals surface area contributed by atoms with Crippen molar-refractivity contribution in [1.82, 2.24) is 0 Å². The van der Waals surface area contributed by atoms with Gasteiger partial charge >= 0.3 is 0 Å². The molecule has 0 aliphatic carbocycles. The highest BCUT2D eigenvalue weighted by atomic mass is 19.1. The molecule has 0 aliphatic heterocycles. The van der Waals surface area contributed by atoms with Gasteiger partial charge in [0.15, 0.2) is 0 Å². The third-order valence-corrected chi connectivity index (χ3v) is 0.803. The van der Waals surface area contributed by atoms with Crippen molar-refractivity contribution in [3.63, 3.8) is 0 Å². The Morgan fingerprint density at radius 3 is 2.33 bits per heavy atom. The van der Waals surface area contributed by atoms with E-state index in [1.807, 2.05) is 6.92 Å². The smallest absolute Gasteiger partial charge is 0.118 e. The van der Waals surface area contributed by atoms with Gasteiger partial charge in [-0.15, -0.1) is 0 Å². The lowest BCUT2D eigenvalue weighted by atomic mass is 10.3. The SMILES string of the molecule is C=C(C)/C=C\C(F)=C/C. The zero-order valence-corrected chi connectivity index (χ0v) is 5.82. The van der Waals surface area contributed by atoms with Crippen LogP contribution in [0.1, 0.15) is 13.8 Å². The van der Waals surface area contributed by atoms with Crippen molar-refractivity contribution in [2.45, 2.75) is 13.8 Å². The molecular formula is C8H11F. The van der Waals surface area contributed by atoms with Crippen molar-refractivity contribution in [1.29, 1.82) is 0 Å². The van der Waals surface area contributed by atoms with Crippen LogP contribution in [0.3, 0.4) is 0 Å². The fourth-order valence-corrected chi connectivity index (χ4v) is 0.318. The summed E-state index contributed by atoms with van der Waals surface area (Å²) in [7, 11) is 0. The Bertz CT molecular complexity index is 152. The molecule has 0 fully saturated rings. The van der Waals surface area contributed by atoms with Crippen LogP contribution in [-0.4, -0.2) is 0 Å². The molecule has 0 radical (unpaired) electrons. The third-order valence-electron chi connectivity index (χ3n) is 0.803. The van der Waals surface area contributed by atoms with Crippen molar-refractivity contribution < 1.29 is 4.39 Å². The zero-order chi connectivity index (χ0) is 7.28. The van der Waals surface area contributed by atoms with Crippen molar-refractivity contribution in [3.05, 3.63) is 36.2 Å². The number of allylic oxidation sites excluding steroid dienone is 5. The van der Waals surface area contributed by atoms with Crippen molar-refractivity contribution in [2.24, 2.45) is 0 Å². The first-order chi connectivity index (χ1) is 4.16. The van der Waals surface area contributed by atoms with E-state index in [4.69, 9.17) is 0 Å². The van der Waals surface area contributed by atoms with Crippen LogP contribution in [0.4, 0.5) is 4.39 Å². The van der Waals surface area contributed by atoms with E-state index in [0.29, 0.717) is 0 Å². The molecule has 0 aromatic carbocycles. The zero-order valence-electron chi connectivity index (χ0n) is 5.82. The van der Waals surface area contributed by atoms with Crippen LogP contribution >= 0.6 is 0 Å². The molecule has 0 spiro atoms. The minimum Gasteiger partial charge on any atom is -0.207 e. The fraction of sp³-hybridized carbons (Fsp3) is 0.250. The average Bonchev–Trinajstić information content (AvgIpc) is 1.83. The Hall–Kier alpha value is -0.850. The van der Waals surface area contributed by atoms with Crippen LogP contribution in [-0.2, 0) is 0 Å². The summed E-state index contributed by atoms with van der Waals surface area (Å²) in [6.07, 6.45) is 4.43. The maximum Gasteiger partial charge on any atom is 0.118 e. The Morgan fingerprint density at radius 1 is 1.44 bits per heavy atom. The van der Waals surface area contributed by atoms with Gasteiger partial charge < -0.3 is 0 Å². The van der Waals surface area contributed by atoms with E-state index >= 15 is 0 Å². The van der Waals surface area contributed by atoms with Gasteiger partial charge in [0, 0.05) is 0 Å². The molecule has 0 aromatic rings. The second-order valence-electron chi connectivity index (χ2n) is 1.85. The fourth-order valence-electron chi connectivity index (χ4n) is 0.318. The summed E-state index contributed by atoms with van der Waals surface area (Å²) in [5, 5.41) is 0. The number of halogens is 1. The summed E-state index contributed by atoms with van der Waals surface area (Å²) in [6, 6.07) is 0. The molecular weight excluding hydrogens is 115 g/mol. The summed E-state index contributed by atoms with van der Waals surface area (Å²) in [5.41, 5.74) is 0.854. The summed E-state index contributed by atoms with van der Waals surface area (Å²) in [6.45, 7) is 7.05. The van der Waals surface area contributed by atoms with Crippen molar-refractivity contribution >= 4 is 0 Å². The molecule has 1 heteroatoms. The van der Waals surface area contributed by atoms with Gasteiger partial charge in [-0.1, -0.05) is 24.3 Å². The lowest BCUT2D eigenvalue weighted by Gasteiger charge is -1.83. The Balaban J connectivity index is 3.86. The Kier molecular flexibility index (Phi) is 3.69. The van der Waals surface area contributed by atoms with Gasteiger partial charge in [0.25, 0.3) is 0 Å². The Morgan fingerprint density at radius 2 is 2.00 bits per heavy atom. The first-order valence-electron chi connectivity index (χ1n) is 2.82. The number of hydrogen-bond acceptors (Lipinski definition) is 0. The molecule has 0 rings (SSSR count). The van der Waals surface area contributed by atoms with E-state index < -0.39 is 0 Å². The number of rotatable bonds is 2. The highest BCUT2D eigenvalue weighted by Crippen LogP contribution is 1.99. The predicted octanol–water partition coefficient (Wildman–Crippen LogP) is 2.99. The van der Waals surface area contributed by atoms with Gasteiger partial charge in [-0.05, 0) is 19.9 Å². The maximum atomic E-state index is 12.2. The van der Waals surface area contributed by atoms with Gasteiger partial charge in [0.2, 0.25) is 0 Å². The highest BCUT2D eigenvalue weighted by molar-refractivity contribution is 5.20. The van der Waals surface area contributed by atoms with Gasteiger partial charge in [-0.2, -0.15) is 0 Å². The van der Waals surface area contributed by atoms with Crippen LogP contribution in [0.15, 0.2) is 36.2 Å². The average molecular weight is 126 g/mol. The molecule has 0 amide bonds. The minimum atomic E-state index is -0.224. The molecule has 0 unspecified atom stereocenters. The topological polar surface area (TPSA) is 0 Å². The first-order valence-corrected chi connectivity index (χ1v) is 2.82. The summed E-state index contributed by atoms with van der Waals surface area (Å²) < 4.78 is 12.2. The summed E-state index contributed by atoms with van der Waals surface area (Å²) in [5.74, 6) is -0.224. The van der Waals surface area contributed by atoms with E-state index in [2.05, 4.69) is 6.58 Å². The van der Waals surface area contributed by atoms with Crippen molar-refractivity contribution in [2.75, 3.05) is 0 Å². The molecule has 0 saturated carbocycles. The summed E-state index contributed by atoms with van der Waals surface area (Å²) in [4.78, 5) is 0. The molecule has 9 heavy (non-hydrogen) atoms. The van der Waals surface area contributed by atoms with Gasteiger partial charge in [0.05, 0.1) is 0 Å². The van der Waals surface area contributed by atoms with E-state index in [9.17, 15) is 4.39 Å². The molecule has 0 nitrogen and oxygen atoms in total. The lowest BCUT2D eigenvalue weighted by Crippen LogP contribution is -1.63. The normalized spacial score (nSPS) is 12.6. The first kappa shape index (κ1) is 8.15. The second kappa shape index (κ2) is 4.07. The molecule has 0 bridgehead atoms. The summed E-state index contributed by atoms with van der Waals surface area (Å²) >= 11 is 0. The van der Waals surface area contributed by atoms with Crippen LogP contribution in [0, 0.1) is 0 Å². The van der Waals surface area contributed by atoms with Crippen LogP contribution in [0.5, 0.6) is 0 Å². The third kappa shape index (κ3) is 5.01. The second-order valence-corrected chi connectivity index (χ2v) is 1.85. The Labute approximate surface area is 55.4 Å². The predicted molar refractivity (Wildman–Crippen MR) is 38.8 cm³/mol. The van der Waals surface area contributed by atoms with Crippen LogP contribution in [0.2, 0.25) is 0 Å². The highest BCUT2D eigenvalue weighted by Gasteiger charge is 1.80. The standard InChI is InChI=1S/C8H11F/c1-4-8(9)6-5-7(2)3/h4-6H,2H2,1,3H3/b6-5-,8-4+. The molecule has 50 valence electrons. The van der Waals surface area contributed by atoms with Crippen molar-refractivity contribution in [3.8, 4) is 0 Å². The molecule has 0 aliphatic rings. The largest absolute Gasteiger partial charge is 0.207 e. The van der Waals surface area contributed by atoms with Gasteiger partial charge in [-0.25, -0.2) is 4.39 Å². The minimum absolute atomic E-state index is 0.224. The lowest BCUT2D eigenvalue weighted by molar-refractivity contribution is 0.665. The molecule has 0 heterocycles. The molecule has 0 atom stereocenters. The van der Waals surface area contributed by atoms with Crippen LogP contribution in [0.25, 0.3) is 0 Å². The van der Waals surface area contributed by atoms with E-state index in [0.717, 1.165) is 5.57 Å². The quantitative estimate of drug-likeness (QED) is 0.499. The number of hydrogen-bond donors (Lipinski definition) is 0. The van der Waals surface area contributed by atoms with Gasteiger partial charge in [-0.3, -0.25) is 0 Å². The van der Waals surface area contributed by atoms with Gasteiger partial charge in [0.1, 0.15) is 5.83 Å². The van der Waals surface area contributed by atoms with E-state index in [1.54, 1.807) is 13.0 Å². The molecule has 0 saturated heterocycles. The monoisotopic (exact) mass is 126 g/mol. The molecule has 0 aromatic heterocycles. The van der Waals surface area contributed by atoms with E-state index in [-0.39, 0.29) is 5.83 Å². The molecule has 0 N–H and O–H groups in total. The van der Waals surface area contributed by atoms with Crippen LogP contribution < -0.4 is 0 Å². The maximum absolute atomic E-state index is 12.2. The van der Waals surface area contributed by atoms with E-state index in [1.165, 1.54) is 12.2 Å².